The van der Waals surface area contributed by atoms with Gasteiger partial charge < -0.3 is 14.2 Å². The SMILES string of the molecule is CCOC(=O)C(Br)(Cc1cn(C(=O)OC(C)(C)C)c2ccccc12)C(=O)OCC. The summed E-state index contributed by atoms with van der Waals surface area (Å²) in [6.45, 7) is 8.89. The number of hydrogen-bond acceptors (Lipinski definition) is 6. The molecular formula is C21H26BrNO6. The summed E-state index contributed by atoms with van der Waals surface area (Å²) in [6, 6.07) is 7.20. The van der Waals surface area contributed by atoms with Crippen molar-refractivity contribution >= 4 is 44.9 Å². The van der Waals surface area contributed by atoms with E-state index in [2.05, 4.69) is 15.9 Å². The van der Waals surface area contributed by atoms with Crippen molar-refractivity contribution in [3.8, 4) is 0 Å². The van der Waals surface area contributed by atoms with Crippen LogP contribution < -0.4 is 0 Å². The maximum atomic E-state index is 12.7. The first-order chi connectivity index (χ1) is 13.5. The van der Waals surface area contributed by atoms with E-state index in [0.29, 0.717) is 11.1 Å². The van der Waals surface area contributed by atoms with Gasteiger partial charge in [-0.05, 0) is 46.2 Å². The minimum Gasteiger partial charge on any atom is -0.464 e. The fourth-order valence-electron chi connectivity index (χ4n) is 2.83. The number of alkyl halides is 1. The molecule has 8 heteroatoms. The number of esters is 2. The second-order valence-corrected chi connectivity index (χ2v) is 8.79. The van der Waals surface area contributed by atoms with Crippen LogP contribution in [0.15, 0.2) is 30.5 Å². The van der Waals surface area contributed by atoms with Gasteiger partial charge in [-0.25, -0.2) is 14.4 Å². The van der Waals surface area contributed by atoms with Crippen molar-refractivity contribution in [3.63, 3.8) is 0 Å². The van der Waals surface area contributed by atoms with Crippen molar-refractivity contribution in [3.05, 3.63) is 36.0 Å². The van der Waals surface area contributed by atoms with Gasteiger partial charge in [-0.1, -0.05) is 34.1 Å². The van der Waals surface area contributed by atoms with E-state index in [1.165, 1.54) is 4.57 Å². The van der Waals surface area contributed by atoms with Gasteiger partial charge in [-0.2, -0.15) is 0 Å². The highest BCUT2D eigenvalue weighted by Crippen LogP contribution is 2.32. The lowest BCUT2D eigenvalue weighted by Crippen LogP contribution is -2.45. The minimum absolute atomic E-state index is 0.0546. The number of para-hydroxylation sites is 1. The molecule has 7 nitrogen and oxygen atoms in total. The van der Waals surface area contributed by atoms with E-state index in [1.54, 1.807) is 52.9 Å². The molecule has 0 bridgehead atoms. The maximum Gasteiger partial charge on any atom is 0.419 e. The number of ether oxygens (including phenoxy) is 3. The molecule has 0 atom stereocenters. The van der Waals surface area contributed by atoms with Gasteiger partial charge in [0.05, 0.1) is 18.7 Å². The molecule has 0 aliphatic heterocycles. The van der Waals surface area contributed by atoms with Crippen LogP contribution in [0.2, 0.25) is 0 Å². The summed E-state index contributed by atoms with van der Waals surface area (Å²) in [6.07, 6.45) is 0.973. The first-order valence-corrected chi connectivity index (χ1v) is 10.2. The fourth-order valence-corrected chi connectivity index (χ4v) is 3.37. The van der Waals surface area contributed by atoms with E-state index < -0.39 is 28.0 Å². The zero-order chi connectivity index (χ0) is 21.8. The molecule has 0 radical (unpaired) electrons. The Labute approximate surface area is 178 Å². The van der Waals surface area contributed by atoms with E-state index in [4.69, 9.17) is 14.2 Å². The van der Waals surface area contributed by atoms with Gasteiger partial charge in [-0.3, -0.25) is 4.57 Å². The molecule has 1 heterocycles. The highest BCUT2D eigenvalue weighted by molar-refractivity contribution is 9.10. The Morgan fingerprint density at radius 2 is 1.55 bits per heavy atom. The van der Waals surface area contributed by atoms with Crippen LogP contribution in [0.25, 0.3) is 10.9 Å². The van der Waals surface area contributed by atoms with Crippen LogP contribution in [0, 0.1) is 0 Å². The molecule has 1 aromatic carbocycles. The zero-order valence-electron chi connectivity index (χ0n) is 17.3. The van der Waals surface area contributed by atoms with E-state index in [9.17, 15) is 14.4 Å². The lowest BCUT2D eigenvalue weighted by molar-refractivity contribution is -0.158. The van der Waals surface area contributed by atoms with Gasteiger partial charge in [0.15, 0.2) is 0 Å². The molecule has 0 saturated heterocycles. The van der Waals surface area contributed by atoms with Crippen LogP contribution in [-0.2, 0) is 30.2 Å². The summed E-state index contributed by atoms with van der Waals surface area (Å²) < 4.78 is 15.3. The fraction of sp³-hybridized carbons (Fsp3) is 0.476. The number of halogens is 1. The number of fused-ring (bicyclic) bond motifs is 1. The molecule has 0 fully saturated rings. The molecule has 0 aliphatic rings. The summed E-state index contributed by atoms with van der Waals surface area (Å²) >= 11 is 3.26. The van der Waals surface area contributed by atoms with Crippen molar-refractivity contribution in [1.29, 1.82) is 0 Å². The topological polar surface area (TPSA) is 83.8 Å². The number of benzene rings is 1. The molecule has 2 aromatic rings. The van der Waals surface area contributed by atoms with E-state index in [-0.39, 0.29) is 19.6 Å². The summed E-state index contributed by atoms with van der Waals surface area (Å²) in [4.78, 5) is 37.8. The standard InChI is InChI=1S/C21H26BrNO6/c1-6-27-17(24)21(22,18(25)28-7-2)12-14-13-23(19(26)29-20(3,4)5)16-11-9-8-10-15(14)16/h8-11,13H,6-7,12H2,1-5H3. The molecule has 0 spiro atoms. The second kappa shape index (κ2) is 8.98. The third kappa shape index (κ3) is 5.18. The molecule has 2 rings (SSSR count). The van der Waals surface area contributed by atoms with Crippen molar-refractivity contribution in [2.45, 2.75) is 51.0 Å². The van der Waals surface area contributed by atoms with E-state index in [0.717, 1.165) is 5.39 Å². The highest BCUT2D eigenvalue weighted by Gasteiger charge is 2.47. The summed E-state index contributed by atoms with van der Waals surface area (Å²) in [5.74, 6) is -1.49. The Balaban J connectivity index is 2.52. The van der Waals surface area contributed by atoms with Gasteiger partial charge in [0, 0.05) is 18.0 Å². The maximum absolute atomic E-state index is 12.7. The van der Waals surface area contributed by atoms with Crippen LogP contribution in [-0.4, -0.2) is 45.7 Å². The molecule has 0 N–H and O–H groups in total. The molecule has 29 heavy (non-hydrogen) atoms. The number of nitrogens with zero attached hydrogens (tertiary/aromatic N) is 1. The smallest absolute Gasteiger partial charge is 0.419 e. The Morgan fingerprint density at radius 1 is 1.00 bits per heavy atom. The van der Waals surface area contributed by atoms with Crippen LogP contribution in [0.5, 0.6) is 0 Å². The third-order valence-electron chi connectivity index (χ3n) is 4.02. The molecule has 0 amide bonds. The quantitative estimate of drug-likeness (QED) is 0.273. The highest BCUT2D eigenvalue weighted by atomic mass is 79.9. The molecule has 0 aliphatic carbocycles. The van der Waals surface area contributed by atoms with Crippen molar-refractivity contribution in [2.24, 2.45) is 0 Å². The average molecular weight is 468 g/mol. The van der Waals surface area contributed by atoms with Crippen molar-refractivity contribution < 1.29 is 28.6 Å². The van der Waals surface area contributed by atoms with Crippen molar-refractivity contribution in [2.75, 3.05) is 13.2 Å². The first-order valence-electron chi connectivity index (χ1n) is 9.39. The van der Waals surface area contributed by atoms with Gasteiger partial charge in [0.1, 0.15) is 5.60 Å². The number of rotatable bonds is 6. The van der Waals surface area contributed by atoms with Crippen molar-refractivity contribution in [1.82, 2.24) is 4.57 Å². The predicted molar refractivity (Wildman–Crippen MR) is 112 cm³/mol. The second-order valence-electron chi connectivity index (χ2n) is 7.44. The zero-order valence-corrected chi connectivity index (χ0v) is 18.9. The summed E-state index contributed by atoms with van der Waals surface area (Å²) in [5, 5.41) is 0.718. The Hall–Kier alpha value is -2.35. The summed E-state index contributed by atoms with van der Waals surface area (Å²) in [7, 11) is 0. The average Bonchev–Trinajstić information content (AvgIpc) is 2.99. The monoisotopic (exact) mass is 467 g/mol. The molecule has 0 saturated carbocycles. The van der Waals surface area contributed by atoms with E-state index >= 15 is 0 Å². The Morgan fingerprint density at radius 3 is 2.07 bits per heavy atom. The van der Waals surface area contributed by atoms with Crippen LogP contribution in [0.4, 0.5) is 4.79 Å². The van der Waals surface area contributed by atoms with E-state index in [1.807, 2.05) is 12.1 Å². The lowest BCUT2D eigenvalue weighted by atomic mass is 9.98. The number of carbonyl (C=O) groups is 3. The molecule has 158 valence electrons. The number of aromatic nitrogens is 1. The molecule has 1 aromatic heterocycles. The third-order valence-corrected chi connectivity index (χ3v) is 4.94. The Kier molecular flexibility index (Phi) is 7.11. The molecular weight excluding hydrogens is 442 g/mol. The number of carbonyl (C=O) groups excluding carboxylic acids is 3. The number of hydrogen-bond donors (Lipinski definition) is 0. The van der Waals surface area contributed by atoms with Crippen LogP contribution in [0.3, 0.4) is 0 Å². The first kappa shape index (κ1) is 22.9. The Bertz CT molecular complexity index is 894. The van der Waals surface area contributed by atoms with Gasteiger partial charge in [0.25, 0.3) is 0 Å². The molecule has 0 unspecified atom stereocenters. The van der Waals surface area contributed by atoms with Crippen LogP contribution in [0.1, 0.15) is 40.2 Å². The van der Waals surface area contributed by atoms with Gasteiger partial charge in [0.2, 0.25) is 4.32 Å². The van der Waals surface area contributed by atoms with Gasteiger partial charge >= 0.3 is 18.0 Å². The normalized spacial score (nSPS) is 11.9. The predicted octanol–water partition coefficient (Wildman–Crippen LogP) is 4.23. The largest absolute Gasteiger partial charge is 0.464 e. The van der Waals surface area contributed by atoms with Gasteiger partial charge in [-0.15, -0.1) is 0 Å². The minimum atomic E-state index is -1.72. The van der Waals surface area contributed by atoms with Crippen LogP contribution >= 0.6 is 15.9 Å². The summed E-state index contributed by atoms with van der Waals surface area (Å²) in [5.41, 5.74) is 0.543. The lowest BCUT2D eigenvalue weighted by Gasteiger charge is -2.23.